The van der Waals surface area contributed by atoms with Gasteiger partial charge < -0.3 is 9.47 Å². The van der Waals surface area contributed by atoms with Crippen LogP contribution in [-0.4, -0.2) is 18.2 Å². The summed E-state index contributed by atoms with van der Waals surface area (Å²) >= 11 is 1.33. The van der Waals surface area contributed by atoms with Crippen LogP contribution in [0.25, 0.3) is 0 Å². The van der Waals surface area contributed by atoms with Crippen molar-refractivity contribution < 1.29 is 14.3 Å². The number of nitriles is 1. The number of hydrogen-bond acceptors (Lipinski definition) is 6. The first kappa shape index (κ1) is 15.8. The average molecular weight is 317 g/mol. The van der Waals surface area contributed by atoms with Gasteiger partial charge in [-0.25, -0.2) is 9.78 Å². The van der Waals surface area contributed by atoms with Gasteiger partial charge in [-0.3, -0.25) is 5.32 Å². The second-order valence-electron chi connectivity index (χ2n) is 4.52. The SMILES string of the molecule is COC(=O)Nc1ccc(OCc2nc(C)c(C#N)s2)cc1C. The molecule has 6 nitrogen and oxygen atoms in total. The van der Waals surface area contributed by atoms with E-state index in [1.165, 1.54) is 18.4 Å². The molecule has 0 bridgehead atoms. The Balaban J connectivity index is 2.03. The molecular weight excluding hydrogens is 302 g/mol. The minimum absolute atomic E-state index is 0.302. The topological polar surface area (TPSA) is 84.2 Å². The first-order chi connectivity index (χ1) is 10.5. The van der Waals surface area contributed by atoms with E-state index in [-0.39, 0.29) is 0 Å². The van der Waals surface area contributed by atoms with Gasteiger partial charge in [-0.15, -0.1) is 11.3 Å². The van der Waals surface area contributed by atoms with Gasteiger partial charge in [0, 0.05) is 5.69 Å². The fourth-order valence-electron chi connectivity index (χ4n) is 1.79. The molecule has 1 aromatic heterocycles. The molecule has 0 aliphatic rings. The quantitative estimate of drug-likeness (QED) is 0.934. The summed E-state index contributed by atoms with van der Waals surface area (Å²) in [5.74, 6) is 0.666. The number of aryl methyl sites for hydroxylation is 2. The Hall–Kier alpha value is -2.59. The number of ether oxygens (including phenoxy) is 2. The molecule has 1 N–H and O–H groups in total. The fourth-order valence-corrected chi connectivity index (χ4v) is 2.57. The maximum Gasteiger partial charge on any atom is 0.411 e. The minimum Gasteiger partial charge on any atom is -0.486 e. The summed E-state index contributed by atoms with van der Waals surface area (Å²) < 4.78 is 10.2. The molecule has 0 radical (unpaired) electrons. The first-order valence-electron chi connectivity index (χ1n) is 6.48. The van der Waals surface area contributed by atoms with Crippen molar-refractivity contribution >= 4 is 23.1 Å². The molecule has 0 fully saturated rings. The van der Waals surface area contributed by atoms with Crippen LogP contribution in [0.15, 0.2) is 18.2 Å². The van der Waals surface area contributed by atoms with E-state index in [1.807, 2.05) is 13.0 Å². The third-order valence-electron chi connectivity index (χ3n) is 2.92. The molecule has 0 atom stereocenters. The number of benzene rings is 1. The number of carbonyl (C=O) groups excluding carboxylic acids is 1. The third-order valence-corrected chi connectivity index (χ3v) is 3.96. The summed E-state index contributed by atoms with van der Waals surface area (Å²) in [6.45, 7) is 3.96. The van der Waals surface area contributed by atoms with E-state index in [9.17, 15) is 4.79 Å². The van der Waals surface area contributed by atoms with Gasteiger partial charge in [0.2, 0.25) is 0 Å². The van der Waals surface area contributed by atoms with E-state index in [4.69, 9.17) is 10.00 Å². The maximum absolute atomic E-state index is 11.2. The molecule has 0 spiro atoms. The Labute approximate surface area is 132 Å². The second-order valence-corrected chi connectivity index (χ2v) is 5.60. The first-order valence-corrected chi connectivity index (χ1v) is 7.30. The Kier molecular flexibility index (Phi) is 4.96. The highest BCUT2D eigenvalue weighted by Gasteiger charge is 2.09. The Morgan fingerprint density at radius 2 is 2.23 bits per heavy atom. The molecule has 22 heavy (non-hydrogen) atoms. The summed E-state index contributed by atoms with van der Waals surface area (Å²) in [5, 5.41) is 12.3. The average Bonchev–Trinajstić information content (AvgIpc) is 2.87. The minimum atomic E-state index is -0.515. The summed E-state index contributed by atoms with van der Waals surface area (Å²) in [6, 6.07) is 7.42. The van der Waals surface area contributed by atoms with Crippen LogP contribution in [0, 0.1) is 25.2 Å². The normalized spacial score (nSPS) is 9.91. The molecule has 2 rings (SSSR count). The zero-order valence-electron chi connectivity index (χ0n) is 12.5. The van der Waals surface area contributed by atoms with Crippen molar-refractivity contribution in [3.05, 3.63) is 39.3 Å². The van der Waals surface area contributed by atoms with E-state index < -0.39 is 6.09 Å². The van der Waals surface area contributed by atoms with Crippen LogP contribution in [0.2, 0.25) is 0 Å². The molecule has 2 aromatic rings. The highest BCUT2D eigenvalue weighted by Crippen LogP contribution is 2.23. The van der Waals surface area contributed by atoms with Gasteiger partial charge in [0.15, 0.2) is 0 Å². The van der Waals surface area contributed by atoms with Crippen LogP contribution < -0.4 is 10.1 Å². The number of carbonyl (C=O) groups is 1. The van der Waals surface area contributed by atoms with Crippen molar-refractivity contribution in [2.45, 2.75) is 20.5 Å². The van der Waals surface area contributed by atoms with Crippen LogP contribution in [0.3, 0.4) is 0 Å². The molecule has 7 heteroatoms. The number of amides is 1. The number of anilines is 1. The molecule has 0 saturated carbocycles. The number of methoxy groups -OCH3 is 1. The second kappa shape index (κ2) is 6.91. The molecule has 1 amide bonds. The molecule has 1 heterocycles. The highest BCUT2D eigenvalue weighted by atomic mass is 32.1. The molecule has 1 aromatic carbocycles. The molecule has 0 aliphatic carbocycles. The fraction of sp³-hybridized carbons (Fsp3) is 0.267. The Bertz CT molecular complexity index is 734. The third kappa shape index (κ3) is 3.74. The van der Waals surface area contributed by atoms with Crippen molar-refractivity contribution in [3.63, 3.8) is 0 Å². The van der Waals surface area contributed by atoms with E-state index in [2.05, 4.69) is 21.1 Å². The van der Waals surface area contributed by atoms with Gasteiger partial charge >= 0.3 is 6.09 Å². The lowest BCUT2D eigenvalue weighted by atomic mass is 10.2. The maximum atomic E-state index is 11.2. The highest BCUT2D eigenvalue weighted by molar-refractivity contribution is 7.12. The largest absolute Gasteiger partial charge is 0.486 e. The van der Waals surface area contributed by atoms with E-state index in [1.54, 1.807) is 19.1 Å². The zero-order valence-corrected chi connectivity index (χ0v) is 13.3. The van der Waals surface area contributed by atoms with Crippen LogP contribution in [0.1, 0.15) is 21.1 Å². The summed E-state index contributed by atoms with van der Waals surface area (Å²) in [5.41, 5.74) is 2.24. The van der Waals surface area contributed by atoms with Crippen LogP contribution in [0.5, 0.6) is 5.75 Å². The summed E-state index contributed by atoms with van der Waals surface area (Å²) in [4.78, 5) is 16.1. The van der Waals surface area contributed by atoms with Crippen LogP contribution in [-0.2, 0) is 11.3 Å². The standard InChI is InChI=1S/C15H15N3O3S/c1-9-6-11(4-5-12(9)18-15(19)20-3)21-8-14-17-10(2)13(7-16)22-14/h4-6H,8H2,1-3H3,(H,18,19). The lowest BCUT2D eigenvalue weighted by Gasteiger charge is -2.10. The van der Waals surface area contributed by atoms with Crippen LogP contribution >= 0.6 is 11.3 Å². The van der Waals surface area contributed by atoms with Crippen molar-refractivity contribution in [2.24, 2.45) is 0 Å². The molecule has 0 aliphatic heterocycles. The van der Waals surface area contributed by atoms with Gasteiger partial charge in [-0.1, -0.05) is 0 Å². The van der Waals surface area contributed by atoms with Gasteiger partial charge in [-0.05, 0) is 37.6 Å². The Morgan fingerprint density at radius 3 is 2.82 bits per heavy atom. The van der Waals surface area contributed by atoms with Crippen molar-refractivity contribution in [3.8, 4) is 11.8 Å². The van der Waals surface area contributed by atoms with Gasteiger partial charge in [0.1, 0.15) is 28.3 Å². The Morgan fingerprint density at radius 1 is 1.45 bits per heavy atom. The van der Waals surface area contributed by atoms with Gasteiger partial charge in [-0.2, -0.15) is 5.26 Å². The number of thiazole rings is 1. The predicted molar refractivity (Wildman–Crippen MR) is 83.1 cm³/mol. The summed E-state index contributed by atoms with van der Waals surface area (Å²) in [6.07, 6.45) is -0.515. The number of nitrogens with zero attached hydrogens (tertiary/aromatic N) is 2. The summed E-state index contributed by atoms with van der Waals surface area (Å²) in [7, 11) is 1.31. The van der Waals surface area contributed by atoms with Crippen molar-refractivity contribution in [1.29, 1.82) is 5.26 Å². The van der Waals surface area contributed by atoms with E-state index >= 15 is 0 Å². The van der Waals surface area contributed by atoms with E-state index in [0.717, 1.165) is 16.3 Å². The lowest BCUT2D eigenvalue weighted by molar-refractivity contribution is 0.187. The molecular formula is C15H15N3O3S. The van der Waals surface area contributed by atoms with E-state index in [0.29, 0.717) is 22.9 Å². The molecule has 0 saturated heterocycles. The van der Waals surface area contributed by atoms with Crippen LogP contribution in [0.4, 0.5) is 10.5 Å². The zero-order chi connectivity index (χ0) is 16.1. The smallest absolute Gasteiger partial charge is 0.411 e. The van der Waals surface area contributed by atoms with Gasteiger partial charge in [0.25, 0.3) is 0 Å². The predicted octanol–water partition coefficient (Wildman–Crippen LogP) is 3.39. The van der Waals surface area contributed by atoms with Crippen molar-refractivity contribution in [2.75, 3.05) is 12.4 Å². The number of aromatic nitrogens is 1. The number of hydrogen-bond donors (Lipinski definition) is 1. The van der Waals surface area contributed by atoms with Crippen molar-refractivity contribution in [1.82, 2.24) is 4.98 Å². The van der Waals surface area contributed by atoms with Gasteiger partial charge in [0.05, 0.1) is 12.8 Å². The molecule has 0 unspecified atom stereocenters. The number of nitrogens with one attached hydrogen (secondary N) is 1. The molecule has 114 valence electrons. The number of rotatable bonds is 4. The lowest BCUT2D eigenvalue weighted by Crippen LogP contribution is -2.11. The monoisotopic (exact) mass is 317 g/mol.